The number of alkyl halides is 3. The molecule has 19 atom stereocenters. The molecule has 1 aromatic rings. The van der Waals surface area contributed by atoms with Crippen LogP contribution in [-0.2, 0) is 53.7 Å². The Kier molecular flexibility index (Phi) is 14.1. The number of benzene rings is 1. The molecular weight excluding hydrogens is 822 g/mol. The van der Waals surface area contributed by atoms with Gasteiger partial charge in [0.1, 0.15) is 24.4 Å². The van der Waals surface area contributed by atoms with Gasteiger partial charge in [-0.3, -0.25) is 9.59 Å². The van der Waals surface area contributed by atoms with Gasteiger partial charge in [0.05, 0.1) is 48.5 Å². The first-order valence-electron chi connectivity index (χ1n) is 23.4. The van der Waals surface area contributed by atoms with Crippen LogP contribution in [-0.4, -0.2) is 132 Å². The molecule has 1 aromatic carbocycles. The van der Waals surface area contributed by atoms with Crippen LogP contribution in [0.25, 0.3) is 0 Å². The number of esters is 1. The van der Waals surface area contributed by atoms with E-state index in [1.807, 2.05) is 20.8 Å². The smallest absolute Gasteiger partial charge is 0.416 e. The highest BCUT2D eigenvalue weighted by Crippen LogP contribution is 2.65. The van der Waals surface area contributed by atoms with E-state index in [1.165, 1.54) is 0 Å². The number of methoxy groups -OCH3 is 3. The van der Waals surface area contributed by atoms with Crippen LogP contribution < -0.4 is 4.90 Å². The minimum absolute atomic E-state index is 0.0239. The summed E-state index contributed by atoms with van der Waals surface area (Å²) in [6.45, 7) is 7.98. The van der Waals surface area contributed by atoms with Gasteiger partial charge < -0.3 is 47.7 Å². The van der Waals surface area contributed by atoms with E-state index in [2.05, 4.69) is 36.9 Å². The van der Waals surface area contributed by atoms with Crippen molar-refractivity contribution in [3.8, 4) is 0 Å². The van der Waals surface area contributed by atoms with E-state index in [9.17, 15) is 18.0 Å². The van der Waals surface area contributed by atoms with Crippen LogP contribution in [0.2, 0.25) is 0 Å². The Hall–Kier alpha value is -2.63. The fourth-order valence-electron chi connectivity index (χ4n) is 12.8. The van der Waals surface area contributed by atoms with E-state index >= 15 is 4.79 Å². The van der Waals surface area contributed by atoms with Crippen molar-refractivity contribution < 1.29 is 60.7 Å². The summed E-state index contributed by atoms with van der Waals surface area (Å²) in [6, 6.07) is 5.53. The molecule has 4 aliphatic heterocycles. The van der Waals surface area contributed by atoms with Gasteiger partial charge in [-0.25, -0.2) is 0 Å². The maximum atomic E-state index is 15.2. The summed E-state index contributed by atoms with van der Waals surface area (Å²) in [5.74, 6) is -1.36. The third kappa shape index (κ3) is 9.12. The third-order valence-corrected chi connectivity index (χ3v) is 15.9. The van der Waals surface area contributed by atoms with Crippen molar-refractivity contribution in [3.05, 3.63) is 41.5 Å². The van der Waals surface area contributed by atoms with E-state index in [0.717, 1.165) is 31.4 Å². The molecule has 2 saturated carbocycles. The summed E-state index contributed by atoms with van der Waals surface area (Å²) >= 11 is 0. The van der Waals surface area contributed by atoms with Gasteiger partial charge in [0.15, 0.2) is 18.4 Å². The second-order valence-corrected chi connectivity index (χ2v) is 19.5. The number of fused-ring (bicyclic) bond motifs is 8. The molecule has 0 aromatic heterocycles. The summed E-state index contributed by atoms with van der Waals surface area (Å²) in [4.78, 5) is 33.6. The Balaban J connectivity index is 1.12. The molecule has 0 bridgehead atoms. The van der Waals surface area contributed by atoms with Crippen molar-refractivity contribution in [2.24, 2.45) is 35.5 Å². The quantitative estimate of drug-likeness (QED) is 0.175. The van der Waals surface area contributed by atoms with Gasteiger partial charge in [0.2, 0.25) is 0 Å². The molecule has 15 heteroatoms. The SMILES string of the molecule is CC[C@H]1CCC[C@H](O[C@H]2CC[C@H](N(C)C)C(C)O2)[C@@H](C)C(=O)C2=C[C@H]3[C@@H]4C[C@H](O[C@@H]5OC(C)[C@H](OC)C(OC)[C@@H]5OC)C[C@H]4[C@H]4[C@@H]([C@H]3[C@@H]2CC(=O)O1)N4c1ccc(C(F)(F)F)cc1. The molecule has 3 aliphatic carbocycles. The van der Waals surface area contributed by atoms with Gasteiger partial charge in [-0.15, -0.1) is 0 Å². The van der Waals surface area contributed by atoms with Gasteiger partial charge in [-0.1, -0.05) is 19.9 Å². The maximum absolute atomic E-state index is 15.2. The summed E-state index contributed by atoms with van der Waals surface area (Å²) < 4.78 is 91.5. The van der Waals surface area contributed by atoms with Crippen LogP contribution >= 0.6 is 0 Å². The van der Waals surface area contributed by atoms with E-state index in [4.69, 9.17) is 37.9 Å². The van der Waals surface area contributed by atoms with Crippen molar-refractivity contribution in [1.82, 2.24) is 4.90 Å². The molecule has 7 aliphatic rings. The molecule has 4 heterocycles. The molecule has 8 rings (SSSR count). The first-order chi connectivity index (χ1) is 30.1. The van der Waals surface area contributed by atoms with Crippen LogP contribution in [0.5, 0.6) is 0 Å². The van der Waals surface area contributed by atoms with Crippen LogP contribution in [0.3, 0.4) is 0 Å². The minimum atomic E-state index is -4.47. The third-order valence-electron chi connectivity index (χ3n) is 15.9. The molecule has 0 N–H and O–H groups in total. The average molecular weight is 891 g/mol. The molecule has 0 radical (unpaired) electrons. The number of hydrogen-bond donors (Lipinski definition) is 0. The number of Topliss-reactive ketones (excluding diaryl/α,β-unsaturated/α-hetero) is 1. The second-order valence-electron chi connectivity index (χ2n) is 19.5. The number of nitrogens with zero attached hydrogens (tertiary/aromatic N) is 2. The number of cyclic esters (lactones) is 1. The predicted octanol–water partition coefficient (Wildman–Crippen LogP) is 7.21. The summed E-state index contributed by atoms with van der Waals surface area (Å²) in [5, 5.41) is 0. The fourth-order valence-corrected chi connectivity index (χ4v) is 12.8. The lowest BCUT2D eigenvalue weighted by Gasteiger charge is -2.44. The Morgan fingerprint density at radius 2 is 1.52 bits per heavy atom. The Morgan fingerprint density at radius 3 is 2.16 bits per heavy atom. The van der Waals surface area contributed by atoms with Gasteiger partial charge in [-0.05, 0) is 133 Å². The van der Waals surface area contributed by atoms with Crippen molar-refractivity contribution in [1.29, 1.82) is 0 Å². The monoisotopic (exact) mass is 890 g/mol. The zero-order valence-electron chi connectivity index (χ0n) is 38.3. The number of allylic oxidation sites excluding steroid dienone is 2. The lowest BCUT2D eigenvalue weighted by Crippen LogP contribution is -2.59. The Bertz CT molecular complexity index is 1800. The molecule has 63 heavy (non-hydrogen) atoms. The number of likely N-dealkylation sites (N-methyl/N-ethyl adjacent to an activating group) is 1. The standard InChI is InChI=1S/C48H69F3N2O10/c1-10-29-12-11-13-37(63-39-19-18-36(52(5)6)25(3)59-39)24(2)43(55)35-22-32-31-20-30(62-47-46(58-9)45(57-8)44(56-7)26(4)60-47)21-34(31)41-42(40(32)33(35)23-38(54)61-29)53(41)28-16-14-27(15-17-28)48(49,50)51/h14-17,22,24-26,29-34,36-37,39-42,44-47H,10-13,18-21,23H2,1-9H3/t24-,25?,26?,29+,30+,31+,32+,33-,34-,36+,37+,39+,40-,41+,42-,44+,45?,46+,47+,53?/m1/s1. The highest BCUT2D eigenvalue weighted by molar-refractivity contribution is 5.99. The first-order valence-corrected chi connectivity index (χ1v) is 23.4. The number of ether oxygens (including phenoxy) is 8. The van der Waals surface area contributed by atoms with Gasteiger partial charge in [-0.2, -0.15) is 13.2 Å². The highest BCUT2D eigenvalue weighted by atomic mass is 19.4. The van der Waals surface area contributed by atoms with Gasteiger partial charge >= 0.3 is 12.1 Å². The van der Waals surface area contributed by atoms with E-state index < -0.39 is 54.5 Å². The number of halogens is 3. The molecule has 6 fully saturated rings. The molecule has 4 saturated heterocycles. The van der Waals surface area contributed by atoms with Crippen LogP contribution in [0.4, 0.5) is 18.9 Å². The molecule has 352 valence electrons. The molecule has 3 unspecified atom stereocenters. The van der Waals surface area contributed by atoms with Gasteiger partial charge in [0.25, 0.3) is 0 Å². The van der Waals surface area contributed by atoms with E-state index in [0.29, 0.717) is 43.4 Å². The van der Waals surface area contributed by atoms with Crippen molar-refractivity contribution in [2.45, 2.75) is 171 Å². The summed E-state index contributed by atoms with van der Waals surface area (Å²) in [7, 11) is 8.96. The number of rotatable bonds is 10. The summed E-state index contributed by atoms with van der Waals surface area (Å²) in [6.07, 6.45) is -0.385. The zero-order valence-corrected chi connectivity index (χ0v) is 38.3. The number of anilines is 1. The average Bonchev–Trinajstić information content (AvgIpc) is 3.65. The fraction of sp³-hybridized carbons (Fsp3) is 0.792. The number of carbonyl (C=O) groups excluding carboxylic acids is 2. The van der Waals surface area contributed by atoms with Crippen LogP contribution in [0, 0.1) is 35.5 Å². The number of carbonyl (C=O) groups is 2. The normalized spacial score (nSPS) is 43.2. The number of hydrogen-bond acceptors (Lipinski definition) is 12. The molecule has 12 nitrogen and oxygen atoms in total. The van der Waals surface area contributed by atoms with E-state index in [1.54, 1.807) is 33.5 Å². The predicted molar refractivity (Wildman–Crippen MR) is 227 cm³/mol. The van der Waals surface area contributed by atoms with Crippen molar-refractivity contribution >= 4 is 17.4 Å². The minimum Gasteiger partial charge on any atom is -0.462 e. The summed E-state index contributed by atoms with van der Waals surface area (Å²) in [5.41, 5.74) is 0.628. The van der Waals surface area contributed by atoms with Crippen LogP contribution in [0.15, 0.2) is 35.9 Å². The van der Waals surface area contributed by atoms with Crippen molar-refractivity contribution in [2.75, 3.05) is 40.3 Å². The number of ketones is 1. The van der Waals surface area contributed by atoms with Gasteiger partial charge in [0, 0.05) is 44.9 Å². The lowest BCUT2D eigenvalue weighted by molar-refractivity contribution is -0.314. The Morgan fingerprint density at radius 1 is 0.825 bits per heavy atom. The molecular formula is C48H69F3N2O10. The van der Waals surface area contributed by atoms with Crippen molar-refractivity contribution in [3.63, 3.8) is 0 Å². The maximum Gasteiger partial charge on any atom is 0.416 e. The van der Waals surface area contributed by atoms with E-state index in [-0.39, 0.29) is 90.5 Å². The lowest BCUT2D eigenvalue weighted by atomic mass is 9.66. The highest BCUT2D eigenvalue weighted by Gasteiger charge is 2.69. The Labute approximate surface area is 370 Å². The molecule has 0 spiro atoms. The first kappa shape index (κ1) is 46.9. The van der Waals surface area contributed by atoms with Crippen LogP contribution in [0.1, 0.15) is 91.0 Å². The second kappa shape index (κ2) is 18.9. The molecule has 0 amide bonds. The zero-order chi connectivity index (χ0) is 45.1. The largest absolute Gasteiger partial charge is 0.462 e. The topological polar surface area (TPSA) is 114 Å².